The summed E-state index contributed by atoms with van der Waals surface area (Å²) in [6.07, 6.45) is 1.59. The number of hydrogen-bond donors (Lipinski definition) is 1. The van der Waals surface area contributed by atoms with Crippen LogP contribution in [0.15, 0.2) is 23.1 Å². The fourth-order valence-electron chi connectivity index (χ4n) is 2.20. The van der Waals surface area contributed by atoms with E-state index in [2.05, 4.69) is 0 Å². The van der Waals surface area contributed by atoms with E-state index in [1.54, 1.807) is 18.2 Å². The number of nitrogens with zero attached hydrogens (tertiary/aromatic N) is 1. The number of carboxylic acids is 1. The molecule has 0 aliphatic carbocycles. The largest absolute Gasteiger partial charge is 0.486 e. The highest BCUT2D eigenvalue weighted by Gasteiger charge is 2.32. The monoisotopic (exact) mass is 351 g/mol. The predicted octanol–water partition coefficient (Wildman–Crippen LogP) is 2.13. The Morgan fingerprint density at radius 1 is 1.35 bits per heavy atom. The van der Waals surface area contributed by atoms with Crippen molar-refractivity contribution in [1.29, 1.82) is 0 Å². The fourth-order valence-corrected chi connectivity index (χ4v) is 3.51. The van der Waals surface area contributed by atoms with E-state index in [0.717, 1.165) is 5.56 Å². The standard InChI is InChI=1S/C15H13NO5S2/c17-13(18)3-4-16-14(19)12(23-15(16)22)8-9-1-2-10-11(7-9)21-6-5-20-10/h1-2,7-8H,3-6H2,(H,17,18)/b12-8-. The molecule has 0 spiro atoms. The van der Waals surface area contributed by atoms with E-state index in [1.807, 2.05) is 6.07 Å². The van der Waals surface area contributed by atoms with E-state index in [4.69, 9.17) is 26.8 Å². The van der Waals surface area contributed by atoms with E-state index < -0.39 is 5.97 Å². The molecule has 0 bridgehead atoms. The molecule has 0 saturated carbocycles. The fraction of sp³-hybridized carbons (Fsp3) is 0.267. The second-order valence-corrected chi connectivity index (χ2v) is 6.56. The molecule has 0 radical (unpaired) electrons. The van der Waals surface area contributed by atoms with E-state index in [1.165, 1.54) is 16.7 Å². The molecule has 2 aliphatic rings. The van der Waals surface area contributed by atoms with Crippen LogP contribution in [0.2, 0.25) is 0 Å². The molecule has 1 fully saturated rings. The van der Waals surface area contributed by atoms with Gasteiger partial charge in [-0.3, -0.25) is 14.5 Å². The summed E-state index contributed by atoms with van der Waals surface area (Å²) in [5.74, 6) is 0.0970. The lowest BCUT2D eigenvalue weighted by atomic mass is 10.1. The van der Waals surface area contributed by atoms with Gasteiger partial charge in [0.1, 0.15) is 17.5 Å². The molecule has 0 aromatic heterocycles. The van der Waals surface area contributed by atoms with Crippen LogP contribution in [0.4, 0.5) is 0 Å². The van der Waals surface area contributed by atoms with Crippen LogP contribution in [-0.2, 0) is 9.59 Å². The molecule has 0 unspecified atom stereocenters. The lowest BCUT2D eigenvalue weighted by molar-refractivity contribution is -0.137. The smallest absolute Gasteiger partial charge is 0.305 e. The Morgan fingerprint density at radius 3 is 2.83 bits per heavy atom. The predicted molar refractivity (Wildman–Crippen MR) is 89.6 cm³/mol. The van der Waals surface area contributed by atoms with Crippen molar-refractivity contribution < 1.29 is 24.2 Å². The third-order valence-corrected chi connectivity index (χ3v) is 4.66. The van der Waals surface area contributed by atoms with Gasteiger partial charge in [0.05, 0.1) is 11.3 Å². The van der Waals surface area contributed by atoms with Crippen LogP contribution in [-0.4, -0.2) is 46.0 Å². The highest BCUT2D eigenvalue weighted by molar-refractivity contribution is 8.26. The Hall–Kier alpha value is -2.06. The highest BCUT2D eigenvalue weighted by Crippen LogP contribution is 2.35. The van der Waals surface area contributed by atoms with Gasteiger partial charge in [-0.05, 0) is 23.8 Å². The maximum atomic E-state index is 12.3. The Bertz CT molecular complexity index is 716. The van der Waals surface area contributed by atoms with Gasteiger partial charge in [-0.1, -0.05) is 30.0 Å². The van der Waals surface area contributed by atoms with E-state index >= 15 is 0 Å². The van der Waals surface area contributed by atoms with Gasteiger partial charge in [0.25, 0.3) is 5.91 Å². The number of ether oxygens (including phenoxy) is 2. The minimum atomic E-state index is -0.963. The van der Waals surface area contributed by atoms with Crippen molar-refractivity contribution in [2.24, 2.45) is 0 Å². The average Bonchev–Trinajstić information content (AvgIpc) is 2.79. The van der Waals surface area contributed by atoms with Gasteiger partial charge >= 0.3 is 5.97 Å². The summed E-state index contributed by atoms with van der Waals surface area (Å²) in [7, 11) is 0. The number of carbonyl (C=O) groups excluding carboxylic acids is 1. The van der Waals surface area contributed by atoms with Crippen molar-refractivity contribution in [1.82, 2.24) is 4.90 Å². The lowest BCUT2D eigenvalue weighted by Crippen LogP contribution is -2.30. The zero-order chi connectivity index (χ0) is 16.4. The molecule has 0 atom stereocenters. The van der Waals surface area contributed by atoms with Gasteiger partial charge in [-0.2, -0.15) is 0 Å². The molecule has 2 aliphatic heterocycles. The molecule has 1 saturated heterocycles. The Labute approximate surface area is 142 Å². The second-order valence-electron chi connectivity index (χ2n) is 4.88. The first-order valence-electron chi connectivity index (χ1n) is 6.91. The van der Waals surface area contributed by atoms with Crippen molar-refractivity contribution in [3.8, 4) is 11.5 Å². The van der Waals surface area contributed by atoms with E-state index in [0.29, 0.717) is 33.9 Å². The molecule has 1 aromatic rings. The number of carboxylic acid groups (broad SMARTS) is 1. The second kappa shape index (κ2) is 6.59. The summed E-state index contributed by atoms with van der Waals surface area (Å²) in [6, 6.07) is 5.43. The molecule has 8 heteroatoms. The first kappa shape index (κ1) is 15.8. The molecule has 23 heavy (non-hydrogen) atoms. The summed E-state index contributed by atoms with van der Waals surface area (Å²) in [4.78, 5) is 24.8. The summed E-state index contributed by atoms with van der Waals surface area (Å²) < 4.78 is 11.3. The number of thiocarbonyl (C=S) groups is 1. The topological polar surface area (TPSA) is 76.1 Å². The minimum absolute atomic E-state index is 0.0818. The molecular formula is C15H13NO5S2. The van der Waals surface area contributed by atoms with Crippen molar-refractivity contribution in [3.63, 3.8) is 0 Å². The number of rotatable bonds is 4. The zero-order valence-electron chi connectivity index (χ0n) is 12.0. The Kier molecular flexibility index (Phi) is 4.53. The number of amides is 1. The first-order chi connectivity index (χ1) is 11.0. The molecule has 120 valence electrons. The van der Waals surface area contributed by atoms with Gasteiger partial charge in [0.2, 0.25) is 0 Å². The van der Waals surface area contributed by atoms with Crippen LogP contribution in [0.1, 0.15) is 12.0 Å². The third-order valence-electron chi connectivity index (χ3n) is 3.29. The molecule has 1 amide bonds. The number of benzene rings is 1. The van der Waals surface area contributed by atoms with Crippen molar-refractivity contribution in [3.05, 3.63) is 28.7 Å². The maximum Gasteiger partial charge on any atom is 0.305 e. The van der Waals surface area contributed by atoms with Crippen molar-refractivity contribution in [2.45, 2.75) is 6.42 Å². The van der Waals surface area contributed by atoms with Crippen LogP contribution < -0.4 is 9.47 Å². The van der Waals surface area contributed by atoms with Crippen LogP contribution in [0, 0.1) is 0 Å². The zero-order valence-corrected chi connectivity index (χ0v) is 13.6. The summed E-state index contributed by atoms with van der Waals surface area (Å²) in [5.41, 5.74) is 0.799. The van der Waals surface area contributed by atoms with Gasteiger partial charge in [0.15, 0.2) is 11.5 Å². The quantitative estimate of drug-likeness (QED) is 0.658. The van der Waals surface area contributed by atoms with Crippen molar-refractivity contribution >= 4 is 46.3 Å². The molecule has 2 heterocycles. The summed E-state index contributed by atoms with van der Waals surface area (Å²) in [5, 5.41) is 8.73. The lowest BCUT2D eigenvalue weighted by Gasteiger charge is -2.18. The average molecular weight is 351 g/mol. The third kappa shape index (κ3) is 3.48. The molecule has 6 nitrogen and oxygen atoms in total. The number of thioether (sulfide) groups is 1. The normalized spacial score (nSPS) is 18.6. The van der Waals surface area contributed by atoms with Gasteiger partial charge in [0, 0.05) is 6.54 Å². The Balaban J connectivity index is 1.79. The number of fused-ring (bicyclic) bond motifs is 1. The van der Waals surface area contributed by atoms with Gasteiger partial charge < -0.3 is 14.6 Å². The van der Waals surface area contributed by atoms with Crippen LogP contribution in [0.25, 0.3) is 6.08 Å². The van der Waals surface area contributed by atoms with E-state index in [9.17, 15) is 9.59 Å². The minimum Gasteiger partial charge on any atom is -0.486 e. The maximum absolute atomic E-state index is 12.3. The Morgan fingerprint density at radius 2 is 2.09 bits per heavy atom. The molecular weight excluding hydrogens is 338 g/mol. The van der Waals surface area contributed by atoms with Gasteiger partial charge in [-0.15, -0.1) is 0 Å². The first-order valence-corrected chi connectivity index (χ1v) is 8.14. The van der Waals surface area contributed by atoms with Crippen molar-refractivity contribution in [2.75, 3.05) is 19.8 Å². The molecule has 1 aromatic carbocycles. The highest BCUT2D eigenvalue weighted by atomic mass is 32.2. The number of hydrogen-bond acceptors (Lipinski definition) is 6. The van der Waals surface area contributed by atoms with Gasteiger partial charge in [-0.25, -0.2) is 0 Å². The summed E-state index contributed by atoms with van der Waals surface area (Å²) in [6.45, 7) is 1.10. The van der Waals surface area contributed by atoms with Crippen LogP contribution in [0.5, 0.6) is 11.5 Å². The molecule has 1 N–H and O–H groups in total. The molecule has 3 rings (SSSR count). The number of aliphatic carboxylic acids is 1. The SMILES string of the molecule is O=C(O)CCN1C(=O)/C(=C/c2ccc3c(c2)OCCO3)SC1=S. The van der Waals surface area contributed by atoms with Crippen LogP contribution >= 0.6 is 24.0 Å². The number of carbonyl (C=O) groups is 2. The van der Waals surface area contributed by atoms with Crippen LogP contribution in [0.3, 0.4) is 0 Å². The van der Waals surface area contributed by atoms with E-state index in [-0.39, 0.29) is 18.9 Å². The summed E-state index contributed by atoms with van der Waals surface area (Å²) >= 11 is 6.32.